The Kier molecular flexibility index (Phi) is 4.82. The lowest BCUT2D eigenvalue weighted by molar-refractivity contribution is -0.121. The summed E-state index contributed by atoms with van der Waals surface area (Å²) in [6.07, 6.45) is 8.87. The number of nitrogens with one attached hydrogen (secondary N) is 1. The van der Waals surface area contributed by atoms with Crippen LogP contribution in [0.25, 0.3) is 11.4 Å². The van der Waals surface area contributed by atoms with Crippen LogP contribution in [0.3, 0.4) is 0 Å². The van der Waals surface area contributed by atoms with E-state index in [9.17, 15) is 4.79 Å². The van der Waals surface area contributed by atoms with Gasteiger partial charge >= 0.3 is 0 Å². The molecule has 0 atom stereocenters. The topological polar surface area (TPSA) is 64.7 Å². The second-order valence-corrected chi connectivity index (χ2v) is 6.70. The summed E-state index contributed by atoms with van der Waals surface area (Å²) in [7, 11) is 0. The fourth-order valence-electron chi connectivity index (χ4n) is 3.21. The third kappa shape index (κ3) is 3.85. The SMILES string of the molecule is O=C(Cn1ccnc1-c1ccccc1)NCCCn1nccc1C1CC1. The van der Waals surface area contributed by atoms with Crippen molar-refractivity contribution in [2.75, 3.05) is 6.54 Å². The van der Waals surface area contributed by atoms with Gasteiger partial charge in [-0.1, -0.05) is 30.3 Å². The van der Waals surface area contributed by atoms with Gasteiger partial charge < -0.3 is 9.88 Å². The van der Waals surface area contributed by atoms with E-state index in [1.807, 2.05) is 47.3 Å². The van der Waals surface area contributed by atoms with Crippen molar-refractivity contribution in [3.63, 3.8) is 0 Å². The number of rotatable bonds is 8. The number of hydrogen-bond acceptors (Lipinski definition) is 3. The fourth-order valence-corrected chi connectivity index (χ4v) is 3.21. The third-order valence-electron chi connectivity index (χ3n) is 4.68. The van der Waals surface area contributed by atoms with Gasteiger partial charge in [0.25, 0.3) is 0 Å². The summed E-state index contributed by atoms with van der Waals surface area (Å²) in [4.78, 5) is 16.6. The Morgan fingerprint density at radius 2 is 2.00 bits per heavy atom. The van der Waals surface area contributed by atoms with Crippen LogP contribution in [0.5, 0.6) is 0 Å². The Morgan fingerprint density at radius 1 is 1.15 bits per heavy atom. The van der Waals surface area contributed by atoms with E-state index in [0.717, 1.165) is 24.4 Å². The Labute approximate surface area is 152 Å². The summed E-state index contributed by atoms with van der Waals surface area (Å²) < 4.78 is 3.95. The maximum atomic E-state index is 12.3. The summed E-state index contributed by atoms with van der Waals surface area (Å²) in [5, 5.41) is 7.39. The van der Waals surface area contributed by atoms with Gasteiger partial charge in [0.2, 0.25) is 5.91 Å². The summed E-state index contributed by atoms with van der Waals surface area (Å²) in [5.74, 6) is 1.51. The van der Waals surface area contributed by atoms with Crippen molar-refractivity contribution in [3.8, 4) is 11.4 Å². The zero-order valence-electron chi connectivity index (χ0n) is 14.7. The van der Waals surface area contributed by atoms with Gasteiger partial charge in [0.15, 0.2) is 0 Å². The van der Waals surface area contributed by atoms with E-state index in [4.69, 9.17) is 0 Å². The molecule has 0 radical (unpaired) electrons. The molecule has 1 N–H and O–H groups in total. The normalized spacial score (nSPS) is 13.7. The average molecular weight is 349 g/mol. The van der Waals surface area contributed by atoms with E-state index in [2.05, 4.69) is 26.1 Å². The first-order valence-corrected chi connectivity index (χ1v) is 9.16. The number of aryl methyl sites for hydroxylation is 1. The molecule has 134 valence electrons. The minimum Gasteiger partial charge on any atom is -0.354 e. The lowest BCUT2D eigenvalue weighted by atomic mass is 10.2. The number of carbonyl (C=O) groups is 1. The van der Waals surface area contributed by atoms with Gasteiger partial charge in [0.05, 0.1) is 0 Å². The summed E-state index contributed by atoms with van der Waals surface area (Å²) >= 11 is 0. The summed E-state index contributed by atoms with van der Waals surface area (Å²) in [5.41, 5.74) is 2.35. The van der Waals surface area contributed by atoms with Gasteiger partial charge in [-0.15, -0.1) is 0 Å². The molecule has 4 rings (SSSR count). The van der Waals surface area contributed by atoms with E-state index < -0.39 is 0 Å². The molecule has 1 aromatic carbocycles. The van der Waals surface area contributed by atoms with Crippen LogP contribution in [0.15, 0.2) is 55.0 Å². The maximum Gasteiger partial charge on any atom is 0.239 e. The van der Waals surface area contributed by atoms with Crippen LogP contribution in [0.4, 0.5) is 0 Å². The first kappa shape index (κ1) is 16.6. The highest BCUT2D eigenvalue weighted by Gasteiger charge is 2.26. The van der Waals surface area contributed by atoms with Crippen molar-refractivity contribution in [3.05, 3.63) is 60.7 Å². The Bertz CT molecular complexity index is 863. The minimum atomic E-state index is 0.00284. The van der Waals surface area contributed by atoms with Gasteiger partial charge in [-0.2, -0.15) is 5.10 Å². The van der Waals surface area contributed by atoms with Crippen molar-refractivity contribution in [1.82, 2.24) is 24.6 Å². The number of hydrogen-bond donors (Lipinski definition) is 1. The molecule has 0 aliphatic heterocycles. The molecule has 2 aromatic heterocycles. The number of imidazole rings is 1. The zero-order valence-corrected chi connectivity index (χ0v) is 14.7. The number of aromatic nitrogens is 4. The molecule has 0 spiro atoms. The Balaban J connectivity index is 1.26. The van der Waals surface area contributed by atoms with Crippen LogP contribution < -0.4 is 5.32 Å². The van der Waals surface area contributed by atoms with E-state index in [-0.39, 0.29) is 12.5 Å². The van der Waals surface area contributed by atoms with E-state index >= 15 is 0 Å². The van der Waals surface area contributed by atoms with Crippen LogP contribution in [0.2, 0.25) is 0 Å². The van der Waals surface area contributed by atoms with Crippen LogP contribution in [0.1, 0.15) is 30.9 Å². The molecule has 1 aliphatic carbocycles. The standard InChI is InChI=1S/C20H23N5O/c26-19(15-24-14-12-22-20(24)17-5-2-1-3-6-17)21-10-4-13-25-18(9-11-23-25)16-7-8-16/h1-3,5-6,9,11-12,14,16H,4,7-8,10,13,15H2,(H,21,26). The molecular weight excluding hydrogens is 326 g/mol. The van der Waals surface area contributed by atoms with Gasteiger partial charge in [0.1, 0.15) is 12.4 Å². The first-order valence-electron chi connectivity index (χ1n) is 9.16. The van der Waals surface area contributed by atoms with Crippen LogP contribution in [-0.2, 0) is 17.9 Å². The molecule has 1 aliphatic rings. The second kappa shape index (κ2) is 7.56. The first-order chi connectivity index (χ1) is 12.8. The van der Waals surface area contributed by atoms with Crippen molar-refractivity contribution in [1.29, 1.82) is 0 Å². The molecule has 1 amide bonds. The molecule has 26 heavy (non-hydrogen) atoms. The molecule has 1 fully saturated rings. The van der Waals surface area contributed by atoms with Crippen LogP contribution in [0, 0.1) is 0 Å². The zero-order chi connectivity index (χ0) is 17.8. The lowest BCUT2D eigenvalue weighted by Crippen LogP contribution is -2.29. The van der Waals surface area contributed by atoms with E-state index in [0.29, 0.717) is 12.5 Å². The molecular formula is C20H23N5O. The highest BCUT2D eigenvalue weighted by molar-refractivity contribution is 5.76. The maximum absolute atomic E-state index is 12.3. The number of benzene rings is 1. The monoisotopic (exact) mass is 349 g/mol. The van der Waals surface area contributed by atoms with Gasteiger partial charge in [-0.3, -0.25) is 9.48 Å². The minimum absolute atomic E-state index is 0.00284. The fraction of sp³-hybridized carbons (Fsp3) is 0.350. The molecule has 6 nitrogen and oxygen atoms in total. The Morgan fingerprint density at radius 3 is 2.81 bits per heavy atom. The predicted octanol–water partition coefficient (Wildman–Crippen LogP) is 2.83. The summed E-state index contributed by atoms with van der Waals surface area (Å²) in [6, 6.07) is 12.0. The van der Waals surface area contributed by atoms with Gasteiger partial charge in [-0.25, -0.2) is 4.98 Å². The highest BCUT2D eigenvalue weighted by Crippen LogP contribution is 2.39. The average Bonchev–Trinajstić information content (AvgIpc) is 3.22. The van der Waals surface area contributed by atoms with E-state index in [1.54, 1.807) is 6.20 Å². The molecule has 3 aromatic rings. The number of amides is 1. The number of nitrogens with zero attached hydrogens (tertiary/aromatic N) is 4. The van der Waals surface area contributed by atoms with Crippen molar-refractivity contribution >= 4 is 5.91 Å². The largest absolute Gasteiger partial charge is 0.354 e. The highest BCUT2D eigenvalue weighted by atomic mass is 16.1. The van der Waals surface area contributed by atoms with Crippen molar-refractivity contribution < 1.29 is 4.79 Å². The van der Waals surface area contributed by atoms with Crippen LogP contribution >= 0.6 is 0 Å². The molecule has 0 unspecified atom stereocenters. The molecule has 6 heteroatoms. The molecule has 0 bridgehead atoms. The van der Waals surface area contributed by atoms with Gasteiger partial charge in [0, 0.05) is 48.9 Å². The summed E-state index contributed by atoms with van der Waals surface area (Å²) in [6.45, 7) is 1.77. The third-order valence-corrected chi connectivity index (χ3v) is 4.68. The molecule has 1 saturated carbocycles. The predicted molar refractivity (Wildman–Crippen MR) is 99.5 cm³/mol. The van der Waals surface area contributed by atoms with Gasteiger partial charge in [-0.05, 0) is 25.3 Å². The second-order valence-electron chi connectivity index (χ2n) is 6.70. The van der Waals surface area contributed by atoms with Crippen molar-refractivity contribution in [2.24, 2.45) is 0 Å². The van der Waals surface area contributed by atoms with Crippen molar-refractivity contribution in [2.45, 2.75) is 38.3 Å². The Hall–Kier alpha value is -2.89. The van der Waals surface area contributed by atoms with Crippen LogP contribution in [-0.4, -0.2) is 31.8 Å². The molecule has 2 heterocycles. The smallest absolute Gasteiger partial charge is 0.239 e. The molecule has 0 saturated heterocycles. The quantitative estimate of drug-likeness (QED) is 0.636. The lowest BCUT2D eigenvalue weighted by Gasteiger charge is -2.10. The number of carbonyl (C=O) groups excluding carboxylic acids is 1. The van der Waals surface area contributed by atoms with E-state index in [1.165, 1.54) is 18.5 Å².